The van der Waals surface area contributed by atoms with Crippen LogP contribution >= 0.6 is 11.8 Å². The normalized spacial score (nSPS) is 10.2. The quantitative estimate of drug-likeness (QED) is 0.749. The predicted octanol–water partition coefficient (Wildman–Crippen LogP) is 0.423. The molecule has 0 aromatic carbocycles. The second-order valence-electron chi connectivity index (χ2n) is 3.68. The number of thioether (sulfide) groups is 1. The summed E-state index contributed by atoms with van der Waals surface area (Å²) in [5.74, 6) is 0.329. The van der Waals surface area contributed by atoms with Gasteiger partial charge < -0.3 is 15.4 Å². The maximum Gasteiger partial charge on any atom is 0.322 e. The Morgan fingerprint density at radius 1 is 1.39 bits per heavy atom. The van der Waals surface area contributed by atoms with Gasteiger partial charge >= 0.3 is 6.01 Å². The molecule has 1 aromatic heterocycles. The first-order valence-electron chi connectivity index (χ1n) is 5.50. The smallest absolute Gasteiger partial charge is 0.322 e. The van der Waals surface area contributed by atoms with Crippen LogP contribution < -0.4 is 10.5 Å². The minimum atomic E-state index is -0.0185. The van der Waals surface area contributed by atoms with Crippen molar-refractivity contribution in [3.05, 3.63) is 0 Å². The van der Waals surface area contributed by atoms with Gasteiger partial charge in [-0.05, 0) is 6.42 Å². The molecule has 1 heterocycles. The van der Waals surface area contributed by atoms with E-state index in [2.05, 4.69) is 15.0 Å². The Morgan fingerprint density at radius 3 is 2.72 bits per heavy atom. The average molecular weight is 271 g/mol. The Bertz CT molecular complexity index is 413. The molecule has 0 bridgehead atoms. The van der Waals surface area contributed by atoms with E-state index in [0.29, 0.717) is 11.8 Å². The van der Waals surface area contributed by atoms with Crippen molar-refractivity contribution in [2.45, 2.75) is 18.5 Å². The van der Waals surface area contributed by atoms with Gasteiger partial charge in [0.1, 0.15) is 0 Å². The highest BCUT2D eigenvalue weighted by Gasteiger charge is 2.10. The Kier molecular flexibility index (Phi) is 5.63. The minimum Gasteiger partial charge on any atom is -0.463 e. The van der Waals surface area contributed by atoms with Crippen molar-refractivity contribution in [1.29, 1.82) is 0 Å². The third-order valence-electron chi connectivity index (χ3n) is 1.87. The molecule has 1 amide bonds. The first-order valence-corrected chi connectivity index (χ1v) is 6.48. The van der Waals surface area contributed by atoms with Gasteiger partial charge in [0.2, 0.25) is 11.9 Å². The molecule has 100 valence electrons. The standard InChI is InChI=1S/C10H17N5O2S/c1-4-5-17-9-12-8(11)13-10(14-9)18-6-7(16)15(2)3/h4-6H2,1-3H3,(H2,11,12,13,14). The van der Waals surface area contributed by atoms with Crippen molar-refractivity contribution >= 4 is 23.6 Å². The van der Waals surface area contributed by atoms with Crippen molar-refractivity contribution in [3.8, 4) is 6.01 Å². The number of nitrogens with zero attached hydrogens (tertiary/aromatic N) is 4. The van der Waals surface area contributed by atoms with Gasteiger partial charge in [-0.2, -0.15) is 15.0 Å². The molecule has 0 saturated heterocycles. The molecular formula is C10H17N5O2S. The summed E-state index contributed by atoms with van der Waals surface area (Å²) in [4.78, 5) is 24.8. The monoisotopic (exact) mass is 271 g/mol. The fourth-order valence-electron chi connectivity index (χ4n) is 0.931. The van der Waals surface area contributed by atoms with Crippen molar-refractivity contribution in [1.82, 2.24) is 19.9 Å². The Morgan fingerprint density at radius 2 is 2.11 bits per heavy atom. The van der Waals surface area contributed by atoms with E-state index in [1.54, 1.807) is 14.1 Å². The van der Waals surface area contributed by atoms with Crippen LogP contribution in [0, 0.1) is 0 Å². The molecular weight excluding hydrogens is 254 g/mol. The van der Waals surface area contributed by atoms with Crippen LogP contribution in [0.3, 0.4) is 0 Å². The summed E-state index contributed by atoms with van der Waals surface area (Å²) < 4.78 is 5.28. The first-order chi connectivity index (χ1) is 8.52. The summed E-state index contributed by atoms with van der Waals surface area (Å²) in [6.45, 7) is 2.50. The number of nitrogens with two attached hydrogens (primary N) is 1. The molecule has 0 spiro atoms. The highest BCUT2D eigenvalue weighted by atomic mass is 32.2. The van der Waals surface area contributed by atoms with E-state index < -0.39 is 0 Å². The van der Waals surface area contributed by atoms with E-state index in [1.165, 1.54) is 16.7 Å². The molecule has 0 unspecified atom stereocenters. The summed E-state index contributed by atoms with van der Waals surface area (Å²) in [5.41, 5.74) is 5.55. The fraction of sp³-hybridized carbons (Fsp3) is 0.600. The van der Waals surface area contributed by atoms with Crippen molar-refractivity contribution in [2.24, 2.45) is 0 Å². The molecule has 0 aliphatic heterocycles. The molecule has 8 heteroatoms. The maximum atomic E-state index is 11.4. The van der Waals surface area contributed by atoms with Crippen LogP contribution in [-0.4, -0.2) is 52.2 Å². The topological polar surface area (TPSA) is 94.2 Å². The van der Waals surface area contributed by atoms with E-state index in [1.807, 2.05) is 6.92 Å². The third kappa shape index (κ3) is 4.74. The van der Waals surface area contributed by atoms with Crippen molar-refractivity contribution in [2.75, 3.05) is 32.2 Å². The van der Waals surface area contributed by atoms with Gasteiger partial charge in [-0.3, -0.25) is 4.79 Å². The molecule has 18 heavy (non-hydrogen) atoms. The lowest BCUT2D eigenvalue weighted by atomic mass is 10.5. The van der Waals surface area contributed by atoms with E-state index in [0.717, 1.165) is 6.42 Å². The van der Waals surface area contributed by atoms with Gasteiger partial charge in [0, 0.05) is 14.1 Å². The SMILES string of the molecule is CCCOc1nc(N)nc(SCC(=O)N(C)C)n1. The Labute approximate surface area is 110 Å². The number of anilines is 1. The summed E-state index contributed by atoms with van der Waals surface area (Å²) in [7, 11) is 3.39. The molecule has 0 atom stereocenters. The van der Waals surface area contributed by atoms with Gasteiger partial charge in [0.25, 0.3) is 0 Å². The summed E-state index contributed by atoms with van der Waals surface area (Å²) in [6, 6.07) is 0.198. The van der Waals surface area contributed by atoms with E-state index >= 15 is 0 Å². The number of carbonyl (C=O) groups excluding carboxylic acids is 1. The van der Waals surface area contributed by atoms with Crippen LogP contribution in [0.1, 0.15) is 13.3 Å². The van der Waals surface area contributed by atoms with Gasteiger partial charge in [0.05, 0.1) is 12.4 Å². The van der Waals surface area contributed by atoms with E-state index in [9.17, 15) is 4.79 Å². The van der Waals surface area contributed by atoms with Crippen LogP contribution in [0.2, 0.25) is 0 Å². The second-order valence-corrected chi connectivity index (χ2v) is 4.63. The van der Waals surface area contributed by atoms with E-state index in [-0.39, 0.29) is 23.6 Å². The lowest BCUT2D eigenvalue weighted by Crippen LogP contribution is -2.23. The van der Waals surface area contributed by atoms with Crippen LogP contribution in [0.25, 0.3) is 0 Å². The summed E-state index contributed by atoms with van der Waals surface area (Å²) in [5, 5.41) is 0.392. The van der Waals surface area contributed by atoms with Gasteiger partial charge in [0.15, 0.2) is 5.16 Å². The van der Waals surface area contributed by atoms with Gasteiger partial charge in [-0.25, -0.2) is 0 Å². The van der Waals surface area contributed by atoms with Gasteiger partial charge in [-0.15, -0.1) is 0 Å². The van der Waals surface area contributed by atoms with E-state index in [4.69, 9.17) is 10.5 Å². The molecule has 0 fully saturated rings. The number of nitrogen functional groups attached to an aromatic ring is 1. The number of carbonyl (C=O) groups is 1. The fourth-order valence-corrected chi connectivity index (χ4v) is 1.74. The largest absolute Gasteiger partial charge is 0.463 e. The lowest BCUT2D eigenvalue weighted by molar-refractivity contribution is -0.125. The van der Waals surface area contributed by atoms with Crippen molar-refractivity contribution < 1.29 is 9.53 Å². The molecule has 7 nitrogen and oxygen atoms in total. The molecule has 1 aromatic rings. The average Bonchev–Trinajstić information content (AvgIpc) is 2.32. The predicted molar refractivity (Wildman–Crippen MR) is 69.4 cm³/mol. The number of rotatable bonds is 6. The lowest BCUT2D eigenvalue weighted by Gasteiger charge is -2.09. The second kappa shape index (κ2) is 7.00. The summed E-state index contributed by atoms with van der Waals surface area (Å²) in [6.07, 6.45) is 0.854. The molecule has 1 rings (SSSR count). The molecule has 0 aliphatic carbocycles. The van der Waals surface area contributed by atoms with Crippen molar-refractivity contribution in [3.63, 3.8) is 0 Å². The zero-order chi connectivity index (χ0) is 13.5. The zero-order valence-corrected chi connectivity index (χ0v) is 11.5. The Hall–Kier alpha value is -1.57. The number of ether oxygens (including phenoxy) is 1. The molecule has 0 saturated carbocycles. The molecule has 2 N–H and O–H groups in total. The number of hydrogen-bond donors (Lipinski definition) is 1. The van der Waals surface area contributed by atoms with Crippen LogP contribution in [-0.2, 0) is 4.79 Å². The molecule has 0 radical (unpaired) electrons. The maximum absolute atomic E-state index is 11.4. The van der Waals surface area contributed by atoms with Crippen LogP contribution in [0.5, 0.6) is 6.01 Å². The minimum absolute atomic E-state index is 0.0185. The number of aromatic nitrogens is 3. The van der Waals surface area contributed by atoms with Crippen LogP contribution in [0.4, 0.5) is 5.95 Å². The highest BCUT2D eigenvalue weighted by Crippen LogP contribution is 2.16. The first kappa shape index (κ1) is 14.5. The Balaban J connectivity index is 2.65. The zero-order valence-electron chi connectivity index (χ0n) is 10.7. The third-order valence-corrected chi connectivity index (χ3v) is 2.70. The van der Waals surface area contributed by atoms with Crippen LogP contribution in [0.15, 0.2) is 5.16 Å². The number of hydrogen-bond acceptors (Lipinski definition) is 7. The highest BCUT2D eigenvalue weighted by molar-refractivity contribution is 7.99. The number of amides is 1. The van der Waals surface area contributed by atoms with Gasteiger partial charge in [-0.1, -0.05) is 18.7 Å². The molecule has 0 aliphatic rings. The summed E-state index contributed by atoms with van der Waals surface area (Å²) >= 11 is 1.21.